The highest BCUT2D eigenvalue weighted by Crippen LogP contribution is 2.16. The second kappa shape index (κ2) is 5.46. The molecule has 0 bridgehead atoms. The van der Waals surface area contributed by atoms with E-state index in [9.17, 15) is 4.39 Å². The smallest absolute Gasteiger partial charge is 0.124 e. The Hall–Kier alpha value is -1.62. The normalized spacial score (nSPS) is 12.2. The third kappa shape index (κ3) is 3.20. The van der Waals surface area contributed by atoms with Gasteiger partial charge in [-0.05, 0) is 25.1 Å². The van der Waals surface area contributed by atoms with Gasteiger partial charge in [-0.1, -0.05) is 0 Å². The number of halogens is 1. The van der Waals surface area contributed by atoms with Crippen molar-refractivity contribution < 1.29 is 9.13 Å². The Morgan fingerprint density at radius 2 is 2.31 bits per heavy atom. The van der Waals surface area contributed by atoms with Crippen LogP contribution in [-0.4, -0.2) is 25.6 Å². The van der Waals surface area contributed by atoms with Crippen molar-refractivity contribution in [1.82, 2.24) is 0 Å². The molecule has 4 nitrogen and oxygen atoms in total. The number of anilines is 1. The van der Waals surface area contributed by atoms with E-state index < -0.39 is 5.82 Å². The summed E-state index contributed by atoms with van der Waals surface area (Å²) in [5, 5.41) is 10.4. The van der Waals surface area contributed by atoms with Crippen molar-refractivity contribution in [2.24, 2.45) is 5.73 Å². The van der Waals surface area contributed by atoms with E-state index in [0.29, 0.717) is 17.8 Å². The van der Waals surface area contributed by atoms with Gasteiger partial charge in [-0.15, -0.1) is 0 Å². The topological polar surface area (TPSA) is 71.1 Å². The van der Waals surface area contributed by atoms with Gasteiger partial charge in [0.2, 0.25) is 0 Å². The molecule has 0 saturated carbocycles. The Bertz CT molecular complexity index is 381. The molecule has 0 saturated heterocycles. The summed E-state index contributed by atoms with van der Waals surface area (Å²) in [4.78, 5) is 0. The van der Waals surface area contributed by atoms with E-state index in [-0.39, 0.29) is 11.9 Å². The first-order valence-corrected chi connectivity index (χ1v) is 4.95. The molecule has 1 atom stereocenters. The van der Waals surface area contributed by atoms with Gasteiger partial charge in [0, 0.05) is 24.9 Å². The first-order valence-electron chi connectivity index (χ1n) is 4.95. The average Bonchev–Trinajstić information content (AvgIpc) is 2.26. The van der Waals surface area contributed by atoms with Gasteiger partial charge in [0.25, 0.3) is 0 Å². The highest BCUT2D eigenvalue weighted by Gasteiger charge is 2.07. The number of nitrogens with one attached hydrogen (secondary N) is 2. The van der Waals surface area contributed by atoms with Crippen LogP contribution < -0.4 is 11.1 Å². The van der Waals surface area contributed by atoms with Gasteiger partial charge in [-0.3, -0.25) is 5.41 Å². The maximum absolute atomic E-state index is 13.0. The molecule has 0 amide bonds. The van der Waals surface area contributed by atoms with Gasteiger partial charge in [0.1, 0.15) is 11.7 Å². The molecule has 88 valence electrons. The molecule has 0 radical (unpaired) electrons. The molecule has 1 rings (SSSR count). The molecule has 0 aliphatic rings. The third-order valence-corrected chi connectivity index (χ3v) is 2.25. The van der Waals surface area contributed by atoms with Crippen LogP contribution in [0.4, 0.5) is 10.1 Å². The molecule has 16 heavy (non-hydrogen) atoms. The van der Waals surface area contributed by atoms with Crippen LogP contribution in [-0.2, 0) is 4.74 Å². The highest BCUT2D eigenvalue weighted by atomic mass is 19.1. The maximum Gasteiger partial charge on any atom is 0.124 e. The van der Waals surface area contributed by atoms with Crippen molar-refractivity contribution in [1.29, 1.82) is 5.41 Å². The molecule has 1 aromatic carbocycles. The van der Waals surface area contributed by atoms with E-state index in [0.717, 1.165) is 0 Å². The summed E-state index contributed by atoms with van der Waals surface area (Å²) in [5.74, 6) is -0.567. The Morgan fingerprint density at radius 1 is 1.62 bits per heavy atom. The number of hydrogen-bond acceptors (Lipinski definition) is 3. The van der Waals surface area contributed by atoms with Crippen LogP contribution in [0.25, 0.3) is 0 Å². The number of amidine groups is 1. The van der Waals surface area contributed by atoms with Crippen LogP contribution in [0.1, 0.15) is 12.5 Å². The van der Waals surface area contributed by atoms with Gasteiger partial charge in [0.05, 0.1) is 6.10 Å². The van der Waals surface area contributed by atoms with E-state index in [1.54, 1.807) is 13.2 Å². The molecule has 5 heteroatoms. The minimum Gasteiger partial charge on any atom is -0.384 e. The number of ether oxygens (including phenoxy) is 1. The SMILES string of the molecule is COC(C)CNc1ccc(F)cc1C(=N)N. The van der Waals surface area contributed by atoms with Crippen molar-refractivity contribution >= 4 is 11.5 Å². The van der Waals surface area contributed by atoms with E-state index in [4.69, 9.17) is 15.9 Å². The van der Waals surface area contributed by atoms with Crippen LogP contribution in [0.3, 0.4) is 0 Å². The van der Waals surface area contributed by atoms with Gasteiger partial charge in [0.15, 0.2) is 0 Å². The zero-order valence-electron chi connectivity index (χ0n) is 9.38. The van der Waals surface area contributed by atoms with Gasteiger partial charge in [-0.25, -0.2) is 4.39 Å². The Morgan fingerprint density at radius 3 is 2.88 bits per heavy atom. The second-order valence-corrected chi connectivity index (χ2v) is 3.53. The van der Waals surface area contributed by atoms with E-state index >= 15 is 0 Å². The molecule has 0 aliphatic heterocycles. The van der Waals surface area contributed by atoms with E-state index in [1.807, 2.05) is 6.92 Å². The third-order valence-electron chi connectivity index (χ3n) is 2.25. The average molecular weight is 225 g/mol. The number of hydrogen-bond donors (Lipinski definition) is 3. The zero-order chi connectivity index (χ0) is 12.1. The maximum atomic E-state index is 13.0. The van der Waals surface area contributed by atoms with Crippen molar-refractivity contribution in [2.75, 3.05) is 19.0 Å². The number of nitrogens with two attached hydrogens (primary N) is 1. The first-order chi connectivity index (χ1) is 7.54. The fourth-order valence-corrected chi connectivity index (χ4v) is 1.23. The molecule has 0 fully saturated rings. The van der Waals surface area contributed by atoms with Crippen LogP contribution in [0.2, 0.25) is 0 Å². The lowest BCUT2D eigenvalue weighted by Gasteiger charge is -2.14. The van der Waals surface area contributed by atoms with Crippen LogP contribution in [0.5, 0.6) is 0 Å². The van der Waals surface area contributed by atoms with Crippen LogP contribution >= 0.6 is 0 Å². The monoisotopic (exact) mass is 225 g/mol. The highest BCUT2D eigenvalue weighted by molar-refractivity contribution is 6.00. The number of benzene rings is 1. The van der Waals surface area contributed by atoms with Gasteiger partial charge >= 0.3 is 0 Å². The standard InChI is InChI=1S/C11H16FN3O/c1-7(16-2)6-15-10-4-3-8(12)5-9(10)11(13)14/h3-5,7,15H,6H2,1-2H3,(H3,13,14). The fourth-order valence-electron chi connectivity index (χ4n) is 1.23. The molecule has 0 spiro atoms. The Kier molecular flexibility index (Phi) is 4.25. The van der Waals surface area contributed by atoms with Crippen molar-refractivity contribution in [3.8, 4) is 0 Å². The molecular formula is C11H16FN3O. The minimum absolute atomic E-state index is 0.0323. The lowest BCUT2D eigenvalue weighted by atomic mass is 10.1. The molecule has 4 N–H and O–H groups in total. The quantitative estimate of drug-likeness (QED) is 0.526. The number of rotatable bonds is 5. The number of nitrogen functional groups attached to an aromatic ring is 1. The number of methoxy groups -OCH3 is 1. The lowest BCUT2D eigenvalue weighted by molar-refractivity contribution is 0.129. The van der Waals surface area contributed by atoms with Crippen LogP contribution in [0, 0.1) is 11.2 Å². The van der Waals surface area contributed by atoms with Crippen LogP contribution in [0.15, 0.2) is 18.2 Å². The summed E-state index contributed by atoms with van der Waals surface area (Å²) in [6.45, 7) is 2.48. The molecular weight excluding hydrogens is 209 g/mol. The lowest BCUT2D eigenvalue weighted by Crippen LogP contribution is -2.21. The van der Waals surface area contributed by atoms with Crippen molar-refractivity contribution in [3.63, 3.8) is 0 Å². The Balaban J connectivity index is 2.82. The molecule has 0 aliphatic carbocycles. The van der Waals surface area contributed by atoms with Crippen molar-refractivity contribution in [3.05, 3.63) is 29.6 Å². The van der Waals surface area contributed by atoms with Crippen molar-refractivity contribution in [2.45, 2.75) is 13.0 Å². The summed E-state index contributed by atoms with van der Waals surface area (Å²) in [6.07, 6.45) is 0.0323. The first kappa shape index (κ1) is 12.4. The van der Waals surface area contributed by atoms with E-state index in [1.165, 1.54) is 12.1 Å². The Labute approximate surface area is 94.1 Å². The molecule has 0 heterocycles. The molecule has 1 aromatic rings. The summed E-state index contributed by atoms with van der Waals surface area (Å²) in [5.41, 5.74) is 6.37. The predicted octanol–water partition coefficient (Wildman–Crippen LogP) is 1.56. The summed E-state index contributed by atoms with van der Waals surface area (Å²) in [6, 6.07) is 4.13. The minimum atomic E-state index is -0.407. The van der Waals surface area contributed by atoms with Gasteiger partial charge in [-0.2, -0.15) is 0 Å². The largest absolute Gasteiger partial charge is 0.384 e. The summed E-state index contributed by atoms with van der Waals surface area (Å²) in [7, 11) is 1.61. The second-order valence-electron chi connectivity index (χ2n) is 3.53. The summed E-state index contributed by atoms with van der Waals surface area (Å²) >= 11 is 0. The summed E-state index contributed by atoms with van der Waals surface area (Å²) < 4.78 is 18.0. The van der Waals surface area contributed by atoms with E-state index in [2.05, 4.69) is 5.32 Å². The fraction of sp³-hybridized carbons (Fsp3) is 0.364. The molecule has 1 unspecified atom stereocenters. The molecule has 0 aromatic heterocycles. The predicted molar refractivity (Wildman–Crippen MR) is 62.4 cm³/mol. The zero-order valence-corrected chi connectivity index (χ0v) is 9.38. The van der Waals surface area contributed by atoms with Gasteiger partial charge < -0.3 is 15.8 Å².